The van der Waals surface area contributed by atoms with Gasteiger partial charge in [-0.1, -0.05) is 12.1 Å². The number of rotatable bonds is 7. The molecule has 1 saturated heterocycles. The fraction of sp³-hybridized carbons (Fsp3) is 0.333. The van der Waals surface area contributed by atoms with Gasteiger partial charge in [0.2, 0.25) is 0 Å². The van der Waals surface area contributed by atoms with Gasteiger partial charge in [-0.15, -0.1) is 0 Å². The van der Waals surface area contributed by atoms with Gasteiger partial charge in [-0.3, -0.25) is 9.98 Å². The first kappa shape index (κ1) is 22.4. The van der Waals surface area contributed by atoms with E-state index in [9.17, 15) is 0 Å². The van der Waals surface area contributed by atoms with Gasteiger partial charge >= 0.3 is 0 Å². The number of benzene rings is 2. The number of nitrogens with zero attached hydrogens (tertiary/aromatic N) is 5. The van der Waals surface area contributed by atoms with Crippen molar-refractivity contribution in [2.75, 3.05) is 69.9 Å². The molecule has 0 radical (unpaired) electrons. The van der Waals surface area contributed by atoms with Crippen LogP contribution in [0.4, 0.5) is 17.1 Å². The van der Waals surface area contributed by atoms with E-state index in [0.717, 1.165) is 66.7 Å². The van der Waals surface area contributed by atoms with E-state index in [1.807, 2.05) is 44.7 Å². The van der Waals surface area contributed by atoms with E-state index in [-0.39, 0.29) is 0 Å². The molecule has 7 nitrogen and oxygen atoms in total. The Kier molecular flexibility index (Phi) is 6.74. The van der Waals surface area contributed by atoms with Gasteiger partial charge in [0.1, 0.15) is 19.0 Å². The lowest BCUT2D eigenvalue weighted by molar-refractivity contribution is 0.261. The van der Waals surface area contributed by atoms with Crippen LogP contribution in [0.1, 0.15) is 5.56 Å². The number of aliphatic imine (C=N–C) groups is 1. The van der Waals surface area contributed by atoms with Crippen LogP contribution in [0.25, 0.3) is 11.3 Å². The average molecular weight is 457 g/mol. The summed E-state index contributed by atoms with van der Waals surface area (Å²) in [7, 11) is 4.10. The van der Waals surface area contributed by atoms with E-state index in [2.05, 4.69) is 61.4 Å². The molecular formula is C27H32N6O. The monoisotopic (exact) mass is 456 g/mol. The van der Waals surface area contributed by atoms with E-state index in [0.29, 0.717) is 13.3 Å². The minimum absolute atomic E-state index is 0.567. The van der Waals surface area contributed by atoms with Crippen LogP contribution < -0.4 is 19.9 Å². The molecule has 34 heavy (non-hydrogen) atoms. The number of fused-ring (bicyclic) bond motifs is 1. The molecule has 1 N–H and O–H groups in total. The SMILES string of the molecule is CN(C)CCOc1cccc(-c2nccc3c2N(c2ccc(N4CCNCC4)cc2)CN=C3)c1. The number of hydrogen-bond donors (Lipinski definition) is 1. The van der Waals surface area contributed by atoms with Gasteiger partial charge in [0.05, 0.1) is 11.4 Å². The first-order valence-electron chi connectivity index (χ1n) is 11.9. The van der Waals surface area contributed by atoms with Gasteiger partial charge in [0.15, 0.2) is 0 Å². The van der Waals surface area contributed by atoms with Gasteiger partial charge in [0.25, 0.3) is 0 Å². The summed E-state index contributed by atoms with van der Waals surface area (Å²) in [5.74, 6) is 0.857. The number of likely N-dealkylation sites (N-methyl/N-ethyl adjacent to an activating group) is 1. The molecule has 2 aliphatic rings. The Morgan fingerprint density at radius 3 is 2.59 bits per heavy atom. The van der Waals surface area contributed by atoms with Crippen molar-refractivity contribution in [1.82, 2.24) is 15.2 Å². The maximum atomic E-state index is 5.99. The zero-order valence-corrected chi connectivity index (χ0v) is 19.9. The lowest BCUT2D eigenvalue weighted by Gasteiger charge is -2.31. The van der Waals surface area contributed by atoms with Gasteiger partial charge in [0, 0.05) is 67.6 Å². The van der Waals surface area contributed by atoms with E-state index in [4.69, 9.17) is 9.72 Å². The highest BCUT2D eigenvalue weighted by atomic mass is 16.5. The summed E-state index contributed by atoms with van der Waals surface area (Å²) in [5, 5.41) is 3.42. The smallest absolute Gasteiger partial charge is 0.120 e. The summed E-state index contributed by atoms with van der Waals surface area (Å²) in [6, 6.07) is 19.1. The molecule has 0 spiro atoms. The Morgan fingerprint density at radius 2 is 1.79 bits per heavy atom. The molecule has 3 aromatic rings. The van der Waals surface area contributed by atoms with Crippen LogP contribution in [0.3, 0.4) is 0 Å². The average Bonchev–Trinajstić information content (AvgIpc) is 2.88. The zero-order chi connectivity index (χ0) is 23.3. The molecule has 5 rings (SSSR count). The number of ether oxygens (including phenoxy) is 1. The highest BCUT2D eigenvalue weighted by molar-refractivity contribution is 5.97. The molecule has 1 fully saturated rings. The van der Waals surface area contributed by atoms with Crippen LogP contribution in [0.2, 0.25) is 0 Å². The minimum Gasteiger partial charge on any atom is -0.492 e. The highest BCUT2D eigenvalue weighted by Crippen LogP contribution is 2.39. The second kappa shape index (κ2) is 10.2. The van der Waals surface area contributed by atoms with Crippen molar-refractivity contribution in [2.24, 2.45) is 4.99 Å². The number of hydrogen-bond acceptors (Lipinski definition) is 7. The third kappa shape index (κ3) is 4.90. The second-order valence-electron chi connectivity index (χ2n) is 8.91. The third-order valence-corrected chi connectivity index (χ3v) is 6.24. The molecule has 176 valence electrons. The molecule has 1 aromatic heterocycles. The maximum absolute atomic E-state index is 5.99. The standard InChI is InChI=1S/C27H32N6O/c1-31(2)16-17-34-25-5-3-4-21(18-25)26-27-22(10-11-30-26)19-29-20-33(27)24-8-6-23(7-9-24)32-14-12-28-13-15-32/h3-11,18-19,28H,12-17,20H2,1-2H3. The predicted octanol–water partition coefficient (Wildman–Crippen LogP) is 3.63. The fourth-order valence-corrected chi connectivity index (χ4v) is 4.42. The molecule has 2 aromatic carbocycles. The van der Waals surface area contributed by atoms with E-state index >= 15 is 0 Å². The Hall–Kier alpha value is -3.42. The molecule has 3 heterocycles. The van der Waals surface area contributed by atoms with Crippen molar-refractivity contribution in [3.63, 3.8) is 0 Å². The molecule has 0 bridgehead atoms. The Morgan fingerprint density at radius 1 is 1.00 bits per heavy atom. The van der Waals surface area contributed by atoms with Crippen LogP contribution in [-0.2, 0) is 0 Å². The topological polar surface area (TPSA) is 56.2 Å². The number of anilines is 3. The lowest BCUT2D eigenvalue weighted by atomic mass is 10.0. The summed E-state index contributed by atoms with van der Waals surface area (Å²) in [6.45, 7) is 6.23. The van der Waals surface area contributed by atoms with Crippen LogP contribution in [0.15, 0.2) is 65.8 Å². The van der Waals surface area contributed by atoms with Crippen LogP contribution >= 0.6 is 0 Å². The first-order valence-corrected chi connectivity index (χ1v) is 11.9. The van der Waals surface area contributed by atoms with Crippen molar-refractivity contribution < 1.29 is 4.74 Å². The van der Waals surface area contributed by atoms with Gasteiger partial charge in [-0.2, -0.15) is 0 Å². The molecule has 7 heteroatoms. The van der Waals surface area contributed by atoms with Crippen molar-refractivity contribution in [3.05, 3.63) is 66.4 Å². The molecule has 0 saturated carbocycles. The Bertz CT molecular complexity index is 1140. The molecule has 0 unspecified atom stereocenters. The van der Waals surface area contributed by atoms with Crippen LogP contribution in [0, 0.1) is 0 Å². The van der Waals surface area contributed by atoms with Crippen molar-refractivity contribution in [3.8, 4) is 17.0 Å². The minimum atomic E-state index is 0.567. The van der Waals surface area contributed by atoms with Crippen molar-refractivity contribution in [2.45, 2.75) is 0 Å². The summed E-state index contributed by atoms with van der Waals surface area (Å²) in [5.41, 5.74) is 6.51. The highest BCUT2D eigenvalue weighted by Gasteiger charge is 2.22. The van der Waals surface area contributed by atoms with Crippen LogP contribution in [0.5, 0.6) is 5.75 Å². The fourth-order valence-electron chi connectivity index (χ4n) is 4.42. The Labute approximate surface area is 201 Å². The molecule has 2 aliphatic heterocycles. The summed E-state index contributed by atoms with van der Waals surface area (Å²) in [4.78, 5) is 16.2. The number of pyridine rings is 1. The predicted molar refractivity (Wildman–Crippen MR) is 140 cm³/mol. The molecule has 0 amide bonds. The molecular weight excluding hydrogens is 424 g/mol. The number of piperazine rings is 1. The van der Waals surface area contributed by atoms with Gasteiger partial charge < -0.3 is 24.8 Å². The van der Waals surface area contributed by atoms with Gasteiger partial charge in [-0.05, 0) is 56.6 Å². The summed E-state index contributed by atoms with van der Waals surface area (Å²) < 4.78 is 5.99. The summed E-state index contributed by atoms with van der Waals surface area (Å²) in [6.07, 6.45) is 3.81. The third-order valence-electron chi connectivity index (χ3n) is 6.24. The quantitative estimate of drug-likeness (QED) is 0.586. The van der Waals surface area contributed by atoms with Gasteiger partial charge in [-0.25, -0.2) is 0 Å². The second-order valence-corrected chi connectivity index (χ2v) is 8.91. The zero-order valence-electron chi connectivity index (χ0n) is 19.9. The lowest BCUT2D eigenvalue weighted by Crippen LogP contribution is -2.43. The van der Waals surface area contributed by atoms with Crippen molar-refractivity contribution >= 4 is 23.3 Å². The maximum Gasteiger partial charge on any atom is 0.120 e. The van der Waals surface area contributed by atoms with E-state index in [1.165, 1.54) is 5.69 Å². The summed E-state index contributed by atoms with van der Waals surface area (Å²) >= 11 is 0. The van der Waals surface area contributed by atoms with Crippen LogP contribution in [-0.4, -0.2) is 76.2 Å². The molecule has 0 atom stereocenters. The largest absolute Gasteiger partial charge is 0.492 e. The van der Waals surface area contributed by atoms with E-state index in [1.54, 1.807) is 0 Å². The number of aromatic nitrogens is 1. The first-order chi connectivity index (χ1) is 16.7. The Balaban J connectivity index is 1.44. The van der Waals surface area contributed by atoms with E-state index < -0.39 is 0 Å². The van der Waals surface area contributed by atoms with Crippen molar-refractivity contribution in [1.29, 1.82) is 0 Å². The number of nitrogens with one attached hydrogen (secondary N) is 1. The molecule has 0 aliphatic carbocycles. The normalized spacial score (nSPS) is 15.5.